The molecule has 21 heavy (non-hydrogen) atoms. The highest BCUT2D eigenvalue weighted by Crippen LogP contribution is 2.08. The Morgan fingerprint density at radius 3 is 2.62 bits per heavy atom. The number of aryl methyl sites for hydroxylation is 1. The van der Waals surface area contributed by atoms with E-state index >= 15 is 0 Å². The summed E-state index contributed by atoms with van der Waals surface area (Å²) in [7, 11) is 1.52. The van der Waals surface area contributed by atoms with Gasteiger partial charge in [-0.15, -0.1) is 0 Å². The summed E-state index contributed by atoms with van der Waals surface area (Å²) in [5.74, 6) is 0.466. The van der Waals surface area contributed by atoms with E-state index in [1.54, 1.807) is 20.8 Å². The number of nitrogens with one attached hydrogen (secondary N) is 1. The lowest BCUT2D eigenvalue weighted by atomic mass is 10.2. The number of amides is 2. The molecule has 0 radical (unpaired) electrons. The minimum Gasteiger partial charge on any atom is -0.444 e. The Balaban J connectivity index is 2.28. The second-order valence-corrected chi connectivity index (χ2v) is 5.87. The Kier molecular flexibility index (Phi) is 5.75. The quantitative estimate of drug-likeness (QED) is 0.890. The molecule has 0 saturated carbocycles. The van der Waals surface area contributed by atoms with Crippen molar-refractivity contribution < 1.29 is 18.8 Å². The van der Waals surface area contributed by atoms with Gasteiger partial charge in [-0.3, -0.25) is 4.79 Å². The van der Waals surface area contributed by atoms with Crippen LogP contribution in [0, 0.1) is 6.92 Å². The van der Waals surface area contributed by atoms with Crippen molar-refractivity contribution in [3.8, 4) is 0 Å². The fraction of sp³-hybridized carbons (Fsp3) is 0.643. The van der Waals surface area contributed by atoms with Gasteiger partial charge >= 0.3 is 6.09 Å². The third-order valence-electron chi connectivity index (χ3n) is 2.46. The molecule has 2 amide bonds. The summed E-state index contributed by atoms with van der Waals surface area (Å²) in [5, 5.41) is 6.48. The third-order valence-corrected chi connectivity index (χ3v) is 2.46. The van der Waals surface area contributed by atoms with Gasteiger partial charge in [-0.05, 0) is 27.7 Å². The Hall–Kier alpha value is -2.05. The molecule has 1 N–H and O–H groups in total. The zero-order valence-corrected chi connectivity index (χ0v) is 13.2. The zero-order valence-electron chi connectivity index (χ0n) is 13.2. The van der Waals surface area contributed by atoms with Crippen LogP contribution in [0.25, 0.3) is 0 Å². The maximum atomic E-state index is 11.7. The summed E-state index contributed by atoms with van der Waals surface area (Å²) in [6, 6.07) is 1.82. The molecular weight excluding hydrogens is 274 g/mol. The van der Waals surface area contributed by atoms with Crippen molar-refractivity contribution in [2.45, 2.75) is 39.7 Å². The van der Waals surface area contributed by atoms with E-state index in [9.17, 15) is 9.59 Å². The molecule has 0 aromatic carbocycles. The molecule has 0 spiro atoms. The van der Waals surface area contributed by atoms with E-state index in [-0.39, 0.29) is 12.5 Å². The average Bonchev–Trinajstić information content (AvgIpc) is 2.72. The van der Waals surface area contributed by atoms with Gasteiger partial charge < -0.3 is 19.5 Å². The fourth-order valence-electron chi connectivity index (χ4n) is 1.53. The molecule has 0 fully saturated rings. The van der Waals surface area contributed by atoms with Crippen LogP contribution in [0.3, 0.4) is 0 Å². The Morgan fingerprint density at radius 1 is 1.43 bits per heavy atom. The molecule has 0 aliphatic rings. The first-order chi connectivity index (χ1) is 9.67. The predicted octanol–water partition coefficient (Wildman–Crippen LogP) is 1.51. The summed E-state index contributed by atoms with van der Waals surface area (Å²) in [4.78, 5) is 24.6. The number of aromatic nitrogens is 1. The molecular formula is C14H23N3O4. The van der Waals surface area contributed by atoms with Crippen LogP contribution >= 0.6 is 0 Å². The highest BCUT2D eigenvalue weighted by Gasteiger charge is 2.20. The molecule has 0 unspecified atom stereocenters. The van der Waals surface area contributed by atoms with E-state index in [1.807, 2.05) is 13.0 Å². The van der Waals surface area contributed by atoms with Crippen molar-refractivity contribution in [2.75, 3.05) is 20.1 Å². The number of rotatable bonds is 5. The summed E-state index contributed by atoms with van der Waals surface area (Å²) in [5.41, 5.74) is 0.229. The van der Waals surface area contributed by atoms with Crippen molar-refractivity contribution in [3.05, 3.63) is 17.5 Å². The van der Waals surface area contributed by atoms with Crippen LogP contribution in [-0.2, 0) is 16.0 Å². The number of ether oxygens (including phenoxy) is 1. The SMILES string of the molecule is Cc1cc(CCNC(=O)CN(C)C(=O)OC(C)(C)C)on1. The lowest BCUT2D eigenvalue weighted by molar-refractivity contribution is -0.121. The average molecular weight is 297 g/mol. The Labute approximate surface area is 124 Å². The molecule has 1 rings (SSSR count). The van der Waals surface area contributed by atoms with Crippen LogP contribution < -0.4 is 5.32 Å². The fourth-order valence-corrected chi connectivity index (χ4v) is 1.53. The van der Waals surface area contributed by atoms with Crippen molar-refractivity contribution in [2.24, 2.45) is 0 Å². The molecule has 0 saturated heterocycles. The van der Waals surface area contributed by atoms with Gasteiger partial charge in [0.15, 0.2) is 0 Å². The zero-order chi connectivity index (χ0) is 16.0. The van der Waals surface area contributed by atoms with Crippen molar-refractivity contribution in [3.63, 3.8) is 0 Å². The normalized spacial score (nSPS) is 11.1. The molecule has 7 nitrogen and oxygen atoms in total. The van der Waals surface area contributed by atoms with Crippen molar-refractivity contribution >= 4 is 12.0 Å². The first-order valence-corrected chi connectivity index (χ1v) is 6.80. The standard InChI is InChI=1S/C14H23N3O4/c1-10-8-11(21-16-10)6-7-15-12(18)9-17(5)13(19)20-14(2,3)4/h8H,6-7,9H2,1-5H3,(H,15,18). The molecule has 1 heterocycles. The van der Waals surface area contributed by atoms with Crippen molar-refractivity contribution in [1.82, 2.24) is 15.4 Å². The van der Waals surface area contributed by atoms with Gasteiger partial charge in [0.1, 0.15) is 17.9 Å². The first kappa shape index (κ1) is 17.0. The van der Waals surface area contributed by atoms with E-state index < -0.39 is 11.7 Å². The second kappa shape index (κ2) is 7.10. The van der Waals surface area contributed by atoms with Gasteiger partial charge in [0.25, 0.3) is 0 Å². The third kappa shape index (κ3) is 6.78. The lowest BCUT2D eigenvalue weighted by Gasteiger charge is -2.24. The van der Waals surface area contributed by atoms with Gasteiger partial charge in [-0.2, -0.15) is 0 Å². The van der Waals surface area contributed by atoms with E-state index in [2.05, 4.69) is 10.5 Å². The summed E-state index contributed by atoms with van der Waals surface area (Å²) < 4.78 is 10.2. The lowest BCUT2D eigenvalue weighted by Crippen LogP contribution is -2.41. The van der Waals surface area contributed by atoms with Gasteiger partial charge in [-0.25, -0.2) is 4.79 Å². The second-order valence-electron chi connectivity index (χ2n) is 5.87. The van der Waals surface area contributed by atoms with Gasteiger partial charge in [0, 0.05) is 26.1 Å². The van der Waals surface area contributed by atoms with Gasteiger partial charge in [0.2, 0.25) is 5.91 Å². The maximum absolute atomic E-state index is 11.7. The molecule has 0 aliphatic heterocycles. The molecule has 118 valence electrons. The van der Waals surface area contributed by atoms with Gasteiger partial charge in [0.05, 0.1) is 5.69 Å². The molecule has 1 aromatic rings. The Morgan fingerprint density at radius 2 is 2.10 bits per heavy atom. The van der Waals surface area contributed by atoms with E-state index in [0.29, 0.717) is 18.7 Å². The number of carbonyl (C=O) groups excluding carboxylic acids is 2. The van der Waals surface area contributed by atoms with Crippen molar-refractivity contribution in [1.29, 1.82) is 0 Å². The number of hydrogen-bond acceptors (Lipinski definition) is 5. The van der Waals surface area contributed by atoms with E-state index in [1.165, 1.54) is 11.9 Å². The molecule has 0 bridgehead atoms. The largest absolute Gasteiger partial charge is 0.444 e. The van der Waals surface area contributed by atoms with E-state index in [0.717, 1.165) is 5.69 Å². The van der Waals surface area contributed by atoms with Crippen LogP contribution in [0.2, 0.25) is 0 Å². The van der Waals surface area contributed by atoms with Crippen LogP contribution in [-0.4, -0.2) is 47.8 Å². The van der Waals surface area contributed by atoms with Gasteiger partial charge in [-0.1, -0.05) is 5.16 Å². The van der Waals surface area contributed by atoms with Crippen LogP contribution in [0.15, 0.2) is 10.6 Å². The topological polar surface area (TPSA) is 84.7 Å². The first-order valence-electron chi connectivity index (χ1n) is 6.80. The smallest absolute Gasteiger partial charge is 0.410 e. The molecule has 0 aliphatic carbocycles. The number of nitrogens with zero attached hydrogens (tertiary/aromatic N) is 2. The number of likely N-dealkylation sites (N-methyl/N-ethyl adjacent to an activating group) is 1. The number of carbonyl (C=O) groups is 2. The molecule has 0 atom stereocenters. The minimum atomic E-state index is -0.577. The van der Waals surface area contributed by atoms with Crippen LogP contribution in [0.1, 0.15) is 32.2 Å². The predicted molar refractivity (Wildman–Crippen MR) is 76.8 cm³/mol. The Bertz CT molecular complexity index is 491. The maximum Gasteiger partial charge on any atom is 0.410 e. The highest BCUT2D eigenvalue weighted by atomic mass is 16.6. The summed E-state index contributed by atoms with van der Waals surface area (Å²) in [6.45, 7) is 7.54. The van der Waals surface area contributed by atoms with E-state index in [4.69, 9.17) is 9.26 Å². The van der Waals surface area contributed by atoms with Crippen LogP contribution in [0.5, 0.6) is 0 Å². The molecule has 7 heteroatoms. The minimum absolute atomic E-state index is 0.0512. The molecule has 1 aromatic heterocycles. The van der Waals surface area contributed by atoms with Crippen LogP contribution in [0.4, 0.5) is 4.79 Å². The highest BCUT2D eigenvalue weighted by molar-refractivity contribution is 5.82. The summed E-state index contributed by atoms with van der Waals surface area (Å²) >= 11 is 0. The summed E-state index contributed by atoms with van der Waals surface area (Å²) in [6.07, 6.45) is 0.0337. The number of hydrogen-bond donors (Lipinski definition) is 1. The monoisotopic (exact) mass is 297 g/mol.